The van der Waals surface area contributed by atoms with Crippen molar-refractivity contribution >= 4 is 16.9 Å². The van der Waals surface area contributed by atoms with Crippen LogP contribution in [0.3, 0.4) is 0 Å². The molecule has 7 nitrogen and oxygen atoms in total. The van der Waals surface area contributed by atoms with Crippen LogP contribution in [0.25, 0.3) is 11.0 Å². The molecule has 2 heterocycles. The lowest BCUT2D eigenvalue weighted by atomic mass is 10.1. The molecular weight excluding hydrogens is 344 g/mol. The van der Waals surface area contributed by atoms with E-state index in [0.29, 0.717) is 19.2 Å². The molecule has 2 aromatic rings. The molecule has 0 radical (unpaired) electrons. The third kappa shape index (κ3) is 4.09. The summed E-state index contributed by atoms with van der Waals surface area (Å²) < 4.78 is 8.41. The molecule has 1 aromatic carbocycles. The Kier molecular flexibility index (Phi) is 6.34. The minimum atomic E-state index is -0.145. The van der Waals surface area contributed by atoms with Gasteiger partial charge in [-0.05, 0) is 18.6 Å². The monoisotopic (exact) mass is 374 g/mol. The van der Waals surface area contributed by atoms with Crippen molar-refractivity contribution in [1.82, 2.24) is 18.9 Å². The number of nitrogens with zero attached hydrogens (tertiary/aromatic N) is 4. The number of ether oxygens (including phenoxy) is 1. The minimum Gasteiger partial charge on any atom is -0.383 e. The number of methoxy groups -OCH3 is 1. The quantitative estimate of drug-likeness (QED) is 0.733. The van der Waals surface area contributed by atoms with Crippen LogP contribution in [0.15, 0.2) is 29.1 Å². The molecule has 1 aromatic heterocycles. The van der Waals surface area contributed by atoms with E-state index >= 15 is 0 Å². The molecular formula is C20H30N4O3. The second-order valence-corrected chi connectivity index (χ2v) is 7.23. The van der Waals surface area contributed by atoms with Crippen LogP contribution in [0.2, 0.25) is 0 Å². The topological polar surface area (TPSA) is 59.7 Å². The molecule has 1 unspecified atom stereocenters. The highest BCUT2D eigenvalue weighted by Gasteiger charge is 2.29. The first kappa shape index (κ1) is 19.6. The predicted molar refractivity (Wildman–Crippen MR) is 106 cm³/mol. The van der Waals surface area contributed by atoms with Crippen LogP contribution in [-0.4, -0.2) is 70.8 Å². The van der Waals surface area contributed by atoms with Crippen LogP contribution < -0.4 is 5.69 Å². The van der Waals surface area contributed by atoms with Crippen molar-refractivity contribution in [3.05, 3.63) is 34.7 Å². The van der Waals surface area contributed by atoms with Crippen molar-refractivity contribution < 1.29 is 9.53 Å². The number of benzene rings is 1. The zero-order valence-electron chi connectivity index (χ0n) is 16.6. The molecule has 0 aliphatic carbocycles. The van der Waals surface area contributed by atoms with Gasteiger partial charge >= 0.3 is 5.69 Å². The molecule has 1 aliphatic rings. The second kappa shape index (κ2) is 8.71. The molecule has 0 saturated carbocycles. The van der Waals surface area contributed by atoms with E-state index in [0.717, 1.165) is 43.5 Å². The number of carbonyl (C=O) groups excluding carboxylic acids is 1. The van der Waals surface area contributed by atoms with Crippen LogP contribution >= 0.6 is 0 Å². The SMILES string of the molecule is CCCC1CN(C(=O)Cn2c(=O)n(C)c3ccccc32)CCN1CCOC. The van der Waals surface area contributed by atoms with E-state index in [4.69, 9.17) is 4.74 Å². The Morgan fingerprint density at radius 2 is 1.96 bits per heavy atom. The molecule has 1 atom stereocenters. The van der Waals surface area contributed by atoms with E-state index in [2.05, 4.69) is 11.8 Å². The summed E-state index contributed by atoms with van der Waals surface area (Å²) in [4.78, 5) is 29.9. The number of carbonyl (C=O) groups is 1. The third-order valence-electron chi connectivity index (χ3n) is 5.51. The van der Waals surface area contributed by atoms with Gasteiger partial charge in [-0.1, -0.05) is 25.5 Å². The Hall–Kier alpha value is -2.12. The normalized spacial score (nSPS) is 18.3. The summed E-state index contributed by atoms with van der Waals surface area (Å²) >= 11 is 0. The average molecular weight is 374 g/mol. The Morgan fingerprint density at radius 3 is 2.67 bits per heavy atom. The van der Waals surface area contributed by atoms with Gasteiger partial charge < -0.3 is 9.64 Å². The number of fused-ring (bicyclic) bond motifs is 1. The number of aryl methyl sites for hydroxylation is 1. The van der Waals surface area contributed by atoms with Crippen molar-refractivity contribution in [2.75, 3.05) is 39.9 Å². The number of hydrogen-bond acceptors (Lipinski definition) is 4. The zero-order chi connectivity index (χ0) is 19.4. The highest BCUT2D eigenvalue weighted by atomic mass is 16.5. The smallest absolute Gasteiger partial charge is 0.329 e. The van der Waals surface area contributed by atoms with E-state index in [1.165, 1.54) is 0 Å². The molecule has 3 rings (SSSR count). The fourth-order valence-corrected chi connectivity index (χ4v) is 3.98. The van der Waals surface area contributed by atoms with E-state index in [9.17, 15) is 9.59 Å². The summed E-state index contributed by atoms with van der Waals surface area (Å²) in [6, 6.07) is 7.96. The summed E-state index contributed by atoms with van der Waals surface area (Å²) in [5, 5.41) is 0. The van der Waals surface area contributed by atoms with Crippen LogP contribution in [0.4, 0.5) is 0 Å². The number of imidazole rings is 1. The van der Waals surface area contributed by atoms with Crippen LogP contribution in [0.1, 0.15) is 19.8 Å². The number of amides is 1. The number of piperazine rings is 1. The number of aromatic nitrogens is 2. The van der Waals surface area contributed by atoms with Crippen molar-refractivity contribution in [1.29, 1.82) is 0 Å². The number of para-hydroxylation sites is 2. The fraction of sp³-hybridized carbons (Fsp3) is 0.600. The highest BCUT2D eigenvalue weighted by Crippen LogP contribution is 2.16. The summed E-state index contributed by atoms with van der Waals surface area (Å²) in [6.45, 7) is 6.13. The van der Waals surface area contributed by atoms with Crippen molar-refractivity contribution in [3.8, 4) is 0 Å². The Bertz CT molecular complexity index is 841. The zero-order valence-corrected chi connectivity index (χ0v) is 16.6. The van der Waals surface area contributed by atoms with E-state index < -0.39 is 0 Å². The van der Waals surface area contributed by atoms with Gasteiger partial charge in [-0.15, -0.1) is 0 Å². The van der Waals surface area contributed by atoms with E-state index in [1.54, 1.807) is 23.3 Å². The number of hydrogen-bond donors (Lipinski definition) is 0. The molecule has 1 amide bonds. The van der Waals surface area contributed by atoms with Gasteiger partial charge in [0.2, 0.25) is 5.91 Å². The van der Waals surface area contributed by atoms with Gasteiger partial charge in [-0.3, -0.25) is 18.8 Å². The average Bonchev–Trinajstić information content (AvgIpc) is 2.92. The van der Waals surface area contributed by atoms with E-state index in [-0.39, 0.29) is 18.1 Å². The van der Waals surface area contributed by atoms with Gasteiger partial charge in [0.1, 0.15) is 6.54 Å². The standard InChI is InChI=1S/C20H30N4O3/c1-4-7-16-14-23(11-10-22(16)12-13-27-3)19(25)15-24-18-9-6-5-8-17(18)21(2)20(24)26/h5-6,8-9,16H,4,7,10-15H2,1-3H3. The summed E-state index contributed by atoms with van der Waals surface area (Å²) in [5.74, 6) is 0.0148. The van der Waals surface area contributed by atoms with Crippen LogP contribution in [0, 0.1) is 0 Å². The van der Waals surface area contributed by atoms with Crippen molar-refractivity contribution in [2.24, 2.45) is 7.05 Å². The van der Waals surface area contributed by atoms with Gasteiger partial charge in [0.05, 0.1) is 17.6 Å². The lowest BCUT2D eigenvalue weighted by Crippen LogP contribution is -2.56. The van der Waals surface area contributed by atoms with Gasteiger partial charge in [-0.25, -0.2) is 4.79 Å². The van der Waals surface area contributed by atoms with Crippen LogP contribution in [-0.2, 0) is 23.1 Å². The maximum absolute atomic E-state index is 13.0. The fourth-order valence-electron chi connectivity index (χ4n) is 3.98. The maximum atomic E-state index is 13.0. The number of rotatable bonds is 7. The summed E-state index contributed by atoms with van der Waals surface area (Å²) in [7, 11) is 3.47. The minimum absolute atomic E-state index is 0.0148. The van der Waals surface area contributed by atoms with Gasteiger partial charge in [0.25, 0.3) is 0 Å². The largest absolute Gasteiger partial charge is 0.383 e. The summed E-state index contributed by atoms with van der Waals surface area (Å²) in [5.41, 5.74) is 1.51. The summed E-state index contributed by atoms with van der Waals surface area (Å²) in [6.07, 6.45) is 2.14. The molecule has 27 heavy (non-hydrogen) atoms. The molecule has 7 heteroatoms. The second-order valence-electron chi connectivity index (χ2n) is 7.23. The molecule has 0 N–H and O–H groups in total. The molecule has 1 saturated heterocycles. The molecule has 1 aliphatic heterocycles. The first-order valence-electron chi connectivity index (χ1n) is 9.71. The Balaban J connectivity index is 1.74. The first-order valence-corrected chi connectivity index (χ1v) is 9.71. The molecule has 0 spiro atoms. The van der Waals surface area contributed by atoms with Crippen molar-refractivity contribution in [3.63, 3.8) is 0 Å². The Labute approximate surface area is 160 Å². The molecule has 148 valence electrons. The predicted octanol–water partition coefficient (Wildman–Crippen LogP) is 1.30. The molecule has 0 bridgehead atoms. The first-order chi connectivity index (χ1) is 13.1. The molecule has 1 fully saturated rings. The van der Waals surface area contributed by atoms with Gasteiger partial charge in [0.15, 0.2) is 0 Å². The van der Waals surface area contributed by atoms with Crippen molar-refractivity contribution in [2.45, 2.75) is 32.4 Å². The lowest BCUT2D eigenvalue weighted by molar-refractivity contribution is -0.135. The van der Waals surface area contributed by atoms with Crippen LogP contribution in [0.5, 0.6) is 0 Å². The van der Waals surface area contributed by atoms with Gasteiger partial charge in [0, 0.05) is 46.4 Å². The van der Waals surface area contributed by atoms with Gasteiger partial charge in [-0.2, -0.15) is 0 Å². The maximum Gasteiger partial charge on any atom is 0.329 e. The Morgan fingerprint density at radius 1 is 1.22 bits per heavy atom. The van der Waals surface area contributed by atoms with E-state index in [1.807, 2.05) is 29.2 Å². The lowest BCUT2D eigenvalue weighted by Gasteiger charge is -2.41. The highest BCUT2D eigenvalue weighted by molar-refractivity contribution is 5.81. The third-order valence-corrected chi connectivity index (χ3v) is 5.51.